The molecular formula is C15H30IN3O3. The summed E-state index contributed by atoms with van der Waals surface area (Å²) in [5, 5.41) is 3.09. The maximum atomic E-state index is 6.14. The van der Waals surface area contributed by atoms with Crippen molar-refractivity contribution in [2.24, 2.45) is 10.7 Å². The van der Waals surface area contributed by atoms with Crippen molar-refractivity contribution in [1.82, 2.24) is 5.32 Å². The lowest BCUT2D eigenvalue weighted by Gasteiger charge is -2.26. The molecule has 0 radical (unpaired) electrons. The highest BCUT2D eigenvalue weighted by Crippen LogP contribution is 2.36. The molecule has 7 heteroatoms. The lowest BCUT2D eigenvalue weighted by molar-refractivity contribution is -0.174. The van der Waals surface area contributed by atoms with Crippen molar-refractivity contribution in [1.29, 1.82) is 0 Å². The number of halogens is 1. The van der Waals surface area contributed by atoms with E-state index in [9.17, 15) is 0 Å². The van der Waals surface area contributed by atoms with E-state index in [4.69, 9.17) is 19.9 Å². The maximum Gasteiger partial charge on any atom is 0.188 e. The van der Waals surface area contributed by atoms with Crippen LogP contribution < -0.4 is 11.1 Å². The summed E-state index contributed by atoms with van der Waals surface area (Å²) in [4.78, 5) is 4.35. The average molecular weight is 427 g/mol. The number of nitrogens with zero attached hydrogens (tertiary/aromatic N) is 1. The minimum atomic E-state index is -0.345. The van der Waals surface area contributed by atoms with Crippen molar-refractivity contribution in [2.45, 2.75) is 63.4 Å². The number of rotatable bonds is 5. The van der Waals surface area contributed by atoms with Crippen LogP contribution in [0.25, 0.3) is 0 Å². The minimum Gasteiger partial charge on any atom is -0.383 e. The summed E-state index contributed by atoms with van der Waals surface area (Å²) in [6, 6.07) is 0.146. The Balaban J connectivity index is 0.00000242. The maximum absolute atomic E-state index is 6.14. The van der Waals surface area contributed by atoms with Crippen LogP contribution >= 0.6 is 24.0 Å². The molecule has 0 bridgehead atoms. The smallest absolute Gasteiger partial charge is 0.188 e. The molecule has 1 aliphatic heterocycles. The van der Waals surface area contributed by atoms with Crippen LogP contribution in [0.15, 0.2) is 4.99 Å². The van der Waals surface area contributed by atoms with Crippen molar-refractivity contribution >= 4 is 29.9 Å². The molecule has 3 N–H and O–H groups in total. The molecule has 1 aliphatic carbocycles. The molecule has 0 aromatic heterocycles. The van der Waals surface area contributed by atoms with E-state index in [1.165, 1.54) is 25.7 Å². The van der Waals surface area contributed by atoms with E-state index in [2.05, 4.69) is 10.3 Å². The van der Waals surface area contributed by atoms with Gasteiger partial charge in [-0.1, -0.05) is 12.8 Å². The fourth-order valence-corrected chi connectivity index (χ4v) is 3.03. The van der Waals surface area contributed by atoms with Gasteiger partial charge < -0.3 is 25.3 Å². The molecule has 0 aromatic rings. The van der Waals surface area contributed by atoms with Crippen LogP contribution in [0, 0.1) is 0 Å². The van der Waals surface area contributed by atoms with Crippen molar-refractivity contribution in [2.75, 3.05) is 26.9 Å². The summed E-state index contributed by atoms with van der Waals surface area (Å²) in [5.74, 6) is 0.0901. The highest BCUT2D eigenvalue weighted by molar-refractivity contribution is 14.0. The summed E-state index contributed by atoms with van der Waals surface area (Å²) >= 11 is 0. The Bertz CT molecular complexity index is 347. The zero-order chi connectivity index (χ0) is 15.1. The van der Waals surface area contributed by atoms with Gasteiger partial charge in [-0.2, -0.15) is 0 Å². The predicted molar refractivity (Wildman–Crippen MR) is 97.6 cm³/mol. The Morgan fingerprint density at radius 3 is 2.68 bits per heavy atom. The molecule has 2 aliphatic rings. The van der Waals surface area contributed by atoms with E-state index in [0.717, 1.165) is 12.8 Å². The van der Waals surface area contributed by atoms with Crippen LogP contribution in [0.2, 0.25) is 0 Å². The molecule has 1 spiro atoms. The monoisotopic (exact) mass is 427 g/mol. The second kappa shape index (κ2) is 9.89. The van der Waals surface area contributed by atoms with Crippen LogP contribution in [0.1, 0.15) is 45.4 Å². The molecule has 0 amide bonds. The largest absolute Gasteiger partial charge is 0.383 e. The SMILES string of the molecule is COCC(C)NC(N)=NCC1COC2(CCCCCC2)O1.I. The van der Waals surface area contributed by atoms with Crippen LogP contribution in [0.5, 0.6) is 0 Å². The van der Waals surface area contributed by atoms with Crippen LogP contribution in [-0.4, -0.2) is 50.8 Å². The fourth-order valence-electron chi connectivity index (χ4n) is 3.03. The Morgan fingerprint density at radius 2 is 2.05 bits per heavy atom. The van der Waals surface area contributed by atoms with Gasteiger partial charge in [0.25, 0.3) is 0 Å². The quantitative estimate of drug-likeness (QED) is 0.399. The molecule has 22 heavy (non-hydrogen) atoms. The van der Waals surface area contributed by atoms with Gasteiger partial charge in [0.2, 0.25) is 0 Å². The molecule has 1 heterocycles. The van der Waals surface area contributed by atoms with Gasteiger partial charge in [-0.05, 0) is 19.8 Å². The van der Waals surface area contributed by atoms with Gasteiger partial charge in [-0.25, -0.2) is 0 Å². The molecule has 130 valence electrons. The normalized spacial score (nSPS) is 26.3. The standard InChI is InChI=1S/C15H29N3O3.HI/c1-12(10-19-2)18-14(16)17-9-13-11-20-15(21-13)7-5-3-4-6-8-15;/h12-13H,3-11H2,1-2H3,(H3,16,17,18);1H. The topological polar surface area (TPSA) is 78.1 Å². The van der Waals surface area contributed by atoms with E-state index < -0.39 is 0 Å². The predicted octanol–water partition coefficient (Wildman–Crippen LogP) is 2.01. The molecule has 2 fully saturated rings. The van der Waals surface area contributed by atoms with Gasteiger partial charge >= 0.3 is 0 Å². The summed E-state index contributed by atoms with van der Waals surface area (Å²) in [6.07, 6.45) is 6.97. The van der Waals surface area contributed by atoms with E-state index in [-0.39, 0.29) is 41.9 Å². The lowest BCUT2D eigenvalue weighted by Crippen LogP contribution is -2.41. The van der Waals surface area contributed by atoms with Crippen LogP contribution in [0.3, 0.4) is 0 Å². The third kappa shape index (κ3) is 6.17. The third-order valence-corrected chi connectivity index (χ3v) is 4.06. The fraction of sp³-hybridized carbons (Fsp3) is 0.933. The molecule has 1 saturated carbocycles. The molecule has 0 aromatic carbocycles. The Kier molecular flexibility index (Phi) is 8.96. The Hall–Kier alpha value is -0.120. The van der Waals surface area contributed by atoms with Crippen LogP contribution in [-0.2, 0) is 14.2 Å². The Morgan fingerprint density at radius 1 is 1.36 bits per heavy atom. The summed E-state index contributed by atoms with van der Waals surface area (Å²) in [7, 11) is 1.67. The third-order valence-electron chi connectivity index (χ3n) is 4.06. The van der Waals surface area contributed by atoms with E-state index >= 15 is 0 Å². The summed E-state index contributed by atoms with van der Waals surface area (Å²) in [6.45, 7) is 3.76. The second-order valence-electron chi connectivity index (χ2n) is 6.10. The number of hydrogen-bond acceptors (Lipinski definition) is 4. The number of nitrogens with two attached hydrogens (primary N) is 1. The zero-order valence-corrected chi connectivity index (χ0v) is 16.0. The molecule has 2 atom stereocenters. The molecule has 2 unspecified atom stereocenters. The van der Waals surface area contributed by atoms with Crippen molar-refractivity contribution in [3.63, 3.8) is 0 Å². The number of nitrogens with one attached hydrogen (secondary N) is 1. The first-order valence-electron chi connectivity index (χ1n) is 8.01. The van der Waals surface area contributed by atoms with Gasteiger partial charge in [0.05, 0.1) is 19.8 Å². The summed E-state index contributed by atoms with van der Waals surface area (Å²) in [5.41, 5.74) is 5.86. The second-order valence-corrected chi connectivity index (χ2v) is 6.10. The van der Waals surface area contributed by atoms with E-state index in [0.29, 0.717) is 25.7 Å². The van der Waals surface area contributed by atoms with Gasteiger partial charge in [-0.15, -0.1) is 24.0 Å². The average Bonchev–Trinajstić information content (AvgIpc) is 2.69. The first-order chi connectivity index (χ1) is 10.1. The molecule has 6 nitrogen and oxygen atoms in total. The highest BCUT2D eigenvalue weighted by atomic mass is 127. The van der Waals surface area contributed by atoms with Gasteiger partial charge in [0, 0.05) is 26.0 Å². The molecule has 2 rings (SSSR count). The van der Waals surface area contributed by atoms with Gasteiger partial charge in [-0.3, -0.25) is 4.99 Å². The number of guanidine groups is 1. The number of ether oxygens (including phenoxy) is 3. The van der Waals surface area contributed by atoms with Crippen molar-refractivity contribution < 1.29 is 14.2 Å². The Labute approximate surface area is 150 Å². The zero-order valence-electron chi connectivity index (χ0n) is 13.7. The van der Waals surface area contributed by atoms with Crippen molar-refractivity contribution in [3.8, 4) is 0 Å². The van der Waals surface area contributed by atoms with Gasteiger partial charge in [0.1, 0.15) is 6.10 Å². The highest BCUT2D eigenvalue weighted by Gasteiger charge is 2.41. The van der Waals surface area contributed by atoms with E-state index in [1.807, 2.05) is 6.92 Å². The minimum absolute atomic E-state index is 0. The van der Waals surface area contributed by atoms with Gasteiger partial charge in [0.15, 0.2) is 11.7 Å². The number of methoxy groups -OCH3 is 1. The number of hydrogen-bond donors (Lipinski definition) is 2. The van der Waals surface area contributed by atoms with E-state index in [1.54, 1.807) is 7.11 Å². The first-order valence-corrected chi connectivity index (χ1v) is 8.01. The molecular weight excluding hydrogens is 397 g/mol. The summed E-state index contributed by atoms with van der Waals surface area (Å²) < 4.78 is 17.1. The van der Waals surface area contributed by atoms with Crippen molar-refractivity contribution in [3.05, 3.63) is 0 Å². The lowest BCUT2D eigenvalue weighted by atomic mass is 10.1. The van der Waals surface area contributed by atoms with Crippen LogP contribution in [0.4, 0.5) is 0 Å². The molecule has 1 saturated heterocycles. The number of aliphatic imine (C=N–C) groups is 1. The first kappa shape index (κ1) is 19.9.